The molecule has 2 N–H and O–H groups in total. The van der Waals surface area contributed by atoms with Crippen LogP contribution >= 0.6 is 12.6 Å². The average molecular weight is 400 g/mol. The van der Waals surface area contributed by atoms with Gasteiger partial charge in [-0.3, -0.25) is 9.48 Å². The lowest BCUT2D eigenvalue weighted by molar-refractivity contribution is 0.102. The van der Waals surface area contributed by atoms with Gasteiger partial charge in [-0.1, -0.05) is 17.7 Å². The molecule has 1 aliphatic rings. The number of rotatable bonds is 6. The van der Waals surface area contributed by atoms with E-state index in [2.05, 4.69) is 40.4 Å². The molecule has 28 heavy (non-hydrogen) atoms. The van der Waals surface area contributed by atoms with Crippen LogP contribution < -0.4 is 15.5 Å². The molecule has 0 saturated heterocycles. The zero-order valence-electron chi connectivity index (χ0n) is 16.3. The summed E-state index contributed by atoms with van der Waals surface area (Å²) in [6, 6.07) is 9.14. The number of anilines is 1. The van der Waals surface area contributed by atoms with E-state index >= 15 is 0 Å². The second kappa shape index (κ2) is 8.99. The highest BCUT2D eigenvalue weighted by atomic mass is 32.1. The van der Waals surface area contributed by atoms with Crippen LogP contribution in [0.3, 0.4) is 0 Å². The molecule has 2 heterocycles. The van der Waals surface area contributed by atoms with Crippen LogP contribution in [0.2, 0.25) is 0 Å². The van der Waals surface area contributed by atoms with Gasteiger partial charge in [0.15, 0.2) is 5.69 Å². The highest BCUT2D eigenvalue weighted by Gasteiger charge is 2.22. The summed E-state index contributed by atoms with van der Waals surface area (Å²) in [5, 5.41) is 11.1. The van der Waals surface area contributed by atoms with Gasteiger partial charge in [0.1, 0.15) is 5.75 Å². The number of aryl methyl sites for hydroxylation is 1. The smallest absolute Gasteiger partial charge is 0.276 e. The van der Waals surface area contributed by atoms with Crippen molar-refractivity contribution >= 4 is 29.8 Å². The average Bonchev–Trinajstić information content (AvgIpc) is 3.09. The first-order chi connectivity index (χ1) is 13.5. The van der Waals surface area contributed by atoms with Crippen LogP contribution in [0.4, 0.5) is 5.69 Å². The minimum atomic E-state index is -0.270. The van der Waals surface area contributed by atoms with Gasteiger partial charge in [-0.2, -0.15) is 5.10 Å². The van der Waals surface area contributed by atoms with Crippen LogP contribution in [0.25, 0.3) is 5.57 Å². The molecule has 7 nitrogen and oxygen atoms in total. The molecule has 3 rings (SSSR count). The molecule has 0 unspecified atom stereocenters. The monoisotopic (exact) mass is 399 g/mol. The van der Waals surface area contributed by atoms with Crippen molar-refractivity contribution in [3.8, 4) is 5.75 Å². The third-order valence-electron chi connectivity index (χ3n) is 4.73. The number of hydrazine groups is 1. The van der Waals surface area contributed by atoms with Gasteiger partial charge in [-0.15, -0.1) is 12.6 Å². The number of ether oxygens (including phenoxy) is 1. The Labute approximate surface area is 170 Å². The van der Waals surface area contributed by atoms with Crippen LogP contribution in [-0.4, -0.2) is 40.9 Å². The Morgan fingerprint density at radius 2 is 2.14 bits per heavy atom. The van der Waals surface area contributed by atoms with E-state index in [1.165, 1.54) is 5.57 Å². The molecule has 1 aromatic heterocycles. The number of aromatic nitrogens is 2. The summed E-state index contributed by atoms with van der Waals surface area (Å²) in [5.41, 5.74) is 7.58. The van der Waals surface area contributed by atoms with E-state index in [1.54, 1.807) is 35.5 Å². The molecular weight excluding hydrogens is 374 g/mol. The van der Waals surface area contributed by atoms with Gasteiger partial charge in [0.25, 0.3) is 5.91 Å². The third-order valence-corrected chi connectivity index (χ3v) is 4.88. The van der Waals surface area contributed by atoms with E-state index in [9.17, 15) is 4.79 Å². The molecule has 0 fully saturated rings. The SMILES string of the molecule is COc1ccccc1NC(=O)c1cc(C2=C(C)CCN(N/C=C\S)C2)n(C)n1. The van der Waals surface area contributed by atoms with E-state index in [0.717, 1.165) is 30.8 Å². The Bertz CT molecular complexity index is 919. The Balaban J connectivity index is 1.81. The first-order valence-corrected chi connectivity index (χ1v) is 9.53. The summed E-state index contributed by atoms with van der Waals surface area (Å²) in [5.74, 6) is 0.338. The number of amides is 1. The molecule has 1 aliphatic heterocycles. The number of methoxy groups -OCH3 is 1. The minimum absolute atomic E-state index is 0.270. The Kier molecular flexibility index (Phi) is 6.43. The van der Waals surface area contributed by atoms with Gasteiger partial charge >= 0.3 is 0 Å². The van der Waals surface area contributed by atoms with Gasteiger partial charge in [0.2, 0.25) is 0 Å². The summed E-state index contributed by atoms with van der Waals surface area (Å²) in [7, 11) is 3.43. The van der Waals surface area contributed by atoms with Crippen LogP contribution in [0.15, 0.2) is 47.5 Å². The molecule has 0 radical (unpaired) electrons. The number of carbonyl (C=O) groups excluding carboxylic acids is 1. The summed E-state index contributed by atoms with van der Waals surface area (Å²) in [6.07, 6.45) is 2.73. The predicted octanol–water partition coefficient (Wildman–Crippen LogP) is 3.07. The fraction of sp³-hybridized carbons (Fsp3) is 0.300. The maximum absolute atomic E-state index is 12.7. The van der Waals surface area contributed by atoms with Gasteiger partial charge in [-0.25, -0.2) is 5.01 Å². The highest BCUT2D eigenvalue weighted by molar-refractivity contribution is 7.83. The number of benzene rings is 1. The maximum atomic E-state index is 12.7. The maximum Gasteiger partial charge on any atom is 0.276 e. The minimum Gasteiger partial charge on any atom is -0.495 e. The van der Waals surface area contributed by atoms with E-state index < -0.39 is 0 Å². The van der Waals surface area contributed by atoms with E-state index in [4.69, 9.17) is 4.74 Å². The van der Waals surface area contributed by atoms with Crippen molar-refractivity contribution in [3.05, 3.63) is 58.9 Å². The normalized spacial score (nSPS) is 15.1. The van der Waals surface area contributed by atoms with Gasteiger partial charge < -0.3 is 15.5 Å². The fourth-order valence-corrected chi connectivity index (χ4v) is 3.27. The Hall–Kier alpha value is -2.71. The molecule has 0 aliphatic carbocycles. The molecule has 0 spiro atoms. The van der Waals surface area contributed by atoms with Crippen molar-refractivity contribution in [3.63, 3.8) is 0 Å². The molecule has 0 bridgehead atoms. The molecule has 8 heteroatoms. The molecule has 0 atom stereocenters. The Morgan fingerprint density at radius 1 is 1.36 bits per heavy atom. The standard InChI is InChI=1S/C20H25N5O2S/c1-14-8-10-25(21-9-11-28)13-15(14)18-12-17(23-24(18)2)20(26)22-16-6-4-5-7-19(16)27-3/h4-7,9,11-12,21,28H,8,10,13H2,1-3H3,(H,22,26)/b11-9-. The summed E-state index contributed by atoms with van der Waals surface area (Å²) in [4.78, 5) is 12.7. The van der Waals surface area contributed by atoms with Gasteiger partial charge in [0.05, 0.1) is 18.5 Å². The zero-order chi connectivity index (χ0) is 20.1. The van der Waals surface area contributed by atoms with Crippen LogP contribution in [0.1, 0.15) is 29.5 Å². The molecule has 0 saturated carbocycles. The number of carbonyl (C=O) groups is 1. The lowest BCUT2D eigenvalue weighted by Crippen LogP contribution is -2.39. The van der Waals surface area contributed by atoms with E-state index in [0.29, 0.717) is 17.1 Å². The summed E-state index contributed by atoms with van der Waals surface area (Å²) >= 11 is 4.08. The second-order valence-electron chi connectivity index (χ2n) is 6.57. The number of hydrogen-bond acceptors (Lipinski definition) is 6. The van der Waals surface area contributed by atoms with Crippen LogP contribution in [-0.2, 0) is 7.05 Å². The lowest BCUT2D eigenvalue weighted by atomic mass is 9.99. The van der Waals surface area contributed by atoms with Crippen molar-refractivity contribution in [2.24, 2.45) is 7.05 Å². The number of hydrogen-bond donors (Lipinski definition) is 3. The molecule has 1 amide bonds. The molecule has 2 aromatic rings. The lowest BCUT2D eigenvalue weighted by Gasteiger charge is -2.29. The number of nitrogens with zero attached hydrogens (tertiary/aromatic N) is 3. The van der Waals surface area contributed by atoms with Crippen molar-refractivity contribution in [1.82, 2.24) is 20.2 Å². The van der Waals surface area contributed by atoms with Crippen molar-refractivity contribution in [1.29, 1.82) is 0 Å². The van der Waals surface area contributed by atoms with Crippen molar-refractivity contribution in [2.75, 3.05) is 25.5 Å². The van der Waals surface area contributed by atoms with E-state index in [1.807, 2.05) is 25.2 Å². The Morgan fingerprint density at radius 3 is 2.89 bits per heavy atom. The third kappa shape index (κ3) is 4.40. The van der Waals surface area contributed by atoms with Crippen molar-refractivity contribution < 1.29 is 9.53 Å². The first-order valence-electron chi connectivity index (χ1n) is 9.01. The predicted molar refractivity (Wildman–Crippen MR) is 114 cm³/mol. The fourth-order valence-electron chi connectivity index (χ4n) is 3.20. The van der Waals surface area contributed by atoms with E-state index in [-0.39, 0.29) is 5.91 Å². The zero-order valence-corrected chi connectivity index (χ0v) is 17.2. The number of thiol groups is 1. The number of nitrogens with one attached hydrogen (secondary N) is 2. The first kappa shape index (κ1) is 20.0. The summed E-state index contributed by atoms with van der Waals surface area (Å²) < 4.78 is 7.05. The van der Waals surface area contributed by atoms with Gasteiger partial charge in [-0.05, 0) is 42.5 Å². The molecular formula is C20H25N5O2S. The largest absolute Gasteiger partial charge is 0.495 e. The van der Waals surface area contributed by atoms with Gasteiger partial charge in [0, 0.05) is 26.3 Å². The topological polar surface area (TPSA) is 71.4 Å². The quantitative estimate of drug-likeness (QED) is 0.651. The molecule has 148 valence electrons. The van der Waals surface area contributed by atoms with Crippen LogP contribution in [0, 0.1) is 0 Å². The van der Waals surface area contributed by atoms with Crippen LogP contribution in [0.5, 0.6) is 5.75 Å². The number of para-hydroxylation sites is 2. The second-order valence-corrected chi connectivity index (χ2v) is 6.87. The summed E-state index contributed by atoms with van der Waals surface area (Å²) in [6.45, 7) is 3.76. The highest BCUT2D eigenvalue weighted by Crippen LogP contribution is 2.27. The van der Waals surface area contributed by atoms with Crippen molar-refractivity contribution in [2.45, 2.75) is 13.3 Å². The molecule has 1 aromatic carbocycles.